The van der Waals surface area contributed by atoms with E-state index in [1.165, 1.54) is 23.1 Å². The van der Waals surface area contributed by atoms with E-state index in [2.05, 4.69) is 5.32 Å². The normalized spacial score (nSPS) is 27.3. The molecule has 3 aliphatic carbocycles. The number of aliphatic hydroxyl groups is 1. The second-order valence-corrected chi connectivity index (χ2v) is 12.7. The number of nitrogens with one attached hydrogen (secondary N) is 1. The molecule has 0 saturated heterocycles. The smallest absolute Gasteiger partial charge is 0.235 e. The molecule has 1 amide bonds. The number of phenols is 1. The first-order valence-electron chi connectivity index (χ1n) is 15.1. The fourth-order valence-electron chi connectivity index (χ4n) is 7.68. The van der Waals surface area contributed by atoms with Gasteiger partial charge in [-0.15, -0.1) is 0 Å². The molecule has 5 N–H and O–H groups in total. The Morgan fingerprint density at radius 2 is 1.70 bits per heavy atom. The van der Waals surface area contributed by atoms with Crippen LogP contribution in [0, 0.1) is 29.5 Å². The van der Waals surface area contributed by atoms with Crippen LogP contribution in [0.2, 0.25) is 0 Å². The molecule has 2 saturated carbocycles. The number of carbonyl (C=O) groups is 5. The number of aromatic hydroxyl groups is 1. The SMILES string of the molecule is CN(C)[C@@H]1C(=O)C(C(N)=O)C(=O)[C@@]2(O)C(=O)C3C(=O)c4c(O)ccc(-c5ccc(CNCc6cccc(F)c6)cc5)c4C[C@H]3C[C@@H]12. The van der Waals surface area contributed by atoms with Gasteiger partial charge >= 0.3 is 0 Å². The highest BCUT2D eigenvalue weighted by atomic mass is 19.1. The number of rotatable bonds is 7. The third kappa shape index (κ3) is 4.95. The van der Waals surface area contributed by atoms with Crippen molar-refractivity contribution in [3.05, 3.63) is 88.7 Å². The van der Waals surface area contributed by atoms with Gasteiger partial charge in [0.1, 0.15) is 11.6 Å². The quantitative estimate of drug-likeness (QED) is 0.287. The highest BCUT2D eigenvalue weighted by molar-refractivity contribution is 6.32. The molecule has 0 aromatic heterocycles. The van der Waals surface area contributed by atoms with Crippen molar-refractivity contribution in [2.24, 2.45) is 29.4 Å². The third-order valence-electron chi connectivity index (χ3n) is 9.76. The minimum Gasteiger partial charge on any atom is -0.507 e. The monoisotopic (exact) mass is 627 g/mol. The largest absolute Gasteiger partial charge is 0.507 e. The number of fused-ring (bicyclic) bond motifs is 3. The fraction of sp³-hybridized carbons (Fsp3) is 0.343. The minimum atomic E-state index is -2.76. The van der Waals surface area contributed by atoms with E-state index in [1.54, 1.807) is 26.2 Å². The molecule has 46 heavy (non-hydrogen) atoms. The fourth-order valence-corrected chi connectivity index (χ4v) is 7.68. The van der Waals surface area contributed by atoms with Crippen LogP contribution in [0.25, 0.3) is 11.1 Å². The Hall–Kier alpha value is -4.58. The Morgan fingerprint density at radius 3 is 2.35 bits per heavy atom. The number of nitrogens with two attached hydrogens (primary N) is 1. The number of carbonyl (C=O) groups excluding carboxylic acids is 5. The lowest BCUT2D eigenvalue weighted by Gasteiger charge is -2.52. The van der Waals surface area contributed by atoms with Crippen LogP contribution in [0.3, 0.4) is 0 Å². The molecule has 238 valence electrons. The Labute approximate surface area is 264 Å². The number of amides is 1. The van der Waals surface area contributed by atoms with Crippen molar-refractivity contribution in [1.82, 2.24) is 10.2 Å². The molecular weight excluding hydrogens is 593 g/mol. The zero-order valence-electron chi connectivity index (χ0n) is 25.3. The first kappa shape index (κ1) is 31.4. The lowest BCUT2D eigenvalue weighted by atomic mass is 9.52. The minimum absolute atomic E-state index is 0.0189. The highest BCUT2D eigenvalue weighted by Gasteiger charge is 2.69. The first-order chi connectivity index (χ1) is 21.8. The molecule has 6 rings (SSSR count). The van der Waals surface area contributed by atoms with Crippen LogP contribution < -0.4 is 11.1 Å². The van der Waals surface area contributed by atoms with Gasteiger partial charge in [-0.3, -0.25) is 28.9 Å². The zero-order valence-corrected chi connectivity index (χ0v) is 25.3. The van der Waals surface area contributed by atoms with Crippen LogP contribution in [0.5, 0.6) is 5.75 Å². The second-order valence-electron chi connectivity index (χ2n) is 12.7. The van der Waals surface area contributed by atoms with E-state index in [0.717, 1.165) is 16.7 Å². The molecule has 11 heteroatoms. The van der Waals surface area contributed by atoms with Gasteiger partial charge in [0.15, 0.2) is 34.7 Å². The number of hydrogen-bond acceptors (Lipinski definition) is 9. The van der Waals surface area contributed by atoms with E-state index in [0.29, 0.717) is 24.2 Å². The summed E-state index contributed by atoms with van der Waals surface area (Å²) in [5.41, 5.74) is 6.34. The molecule has 6 atom stereocenters. The Kier molecular flexibility index (Phi) is 7.95. The summed E-state index contributed by atoms with van der Waals surface area (Å²) < 4.78 is 13.5. The number of Topliss-reactive ketones (excluding diaryl/α,β-unsaturated/α-hetero) is 4. The number of phenolic OH excluding ortho intramolecular Hbond substituents is 1. The average molecular weight is 628 g/mol. The molecule has 2 fully saturated rings. The van der Waals surface area contributed by atoms with Gasteiger partial charge in [-0.25, -0.2) is 4.39 Å². The van der Waals surface area contributed by atoms with E-state index in [-0.39, 0.29) is 30.0 Å². The summed E-state index contributed by atoms with van der Waals surface area (Å²) in [7, 11) is 3.09. The number of likely N-dealkylation sites (N-methyl/N-ethyl adjacent to an activating group) is 1. The molecule has 2 unspecified atom stereocenters. The van der Waals surface area contributed by atoms with Gasteiger partial charge in [-0.1, -0.05) is 42.5 Å². The molecule has 0 bridgehead atoms. The predicted octanol–water partition coefficient (Wildman–Crippen LogP) is 1.96. The Balaban J connectivity index is 1.31. The van der Waals surface area contributed by atoms with Gasteiger partial charge in [0.25, 0.3) is 0 Å². The molecular formula is C35H34FN3O7. The number of nitrogens with zero attached hydrogens (tertiary/aromatic N) is 1. The summed E-state index contributed by atoms with van der Waals surface area (Å²) in [6, 6.07) is 15.9. The Morgan fingerprint density at radius 1 is 1.00 bits per heavy atom. The highest BCUT2D eigenvalue weighted by Crippen LogP contribution is 2.51. The standard InChI is InChI=1S/C35H34FN3O7/c1-39(2)29-24-14-20-13-23-22(19-8-6-17(7-9-19)15-38-16-18-4-3-5-21(36)12-18)10-11-25(40)27(23)30(41)26(20)32(43)35(24,46)33(44)28(31(29)42)34(37)45/h3-12,20,24,26,28-29,38,40,46H,13-16H2,1-2H3,(H2,37,45)/t20-,24-,26?,28?,29-,35-/m0/s1. The van der Waals surface area contributed by atoms with E-state index >= 15 is 0 Å². The molecule has 3 aromatic rings. The van der Waals surface area contributed by atoms with Crippen LogP contribution in [0.4, 0.5) is 4.39 Å². The second kappa shape index (κ2) is 11.7. The number of ketones is 4. The maximum atomic E-state index is 14.0. The summed E-state index contributed by atoms with van der Waals surface area (Å²) >= 11 is 0. The van der Waals surface area contributed by atoms with Crippen LogP contribution in [-0.2, 0) is 38.7 Å². The van der Waals surface area contributed by atoms with E-state index in [9.17, 15) is 38.6 Å². The molecule has 0 aliphatic heterocycles. The van der Waals surface area contributed by atoms with Crippen molar-refractivity contribution in [2.75, 3.05) is 14.1 Å². The van der Waals surface area contributed by atoms with Crippen molar-refractivity contribution in [3.63, 3.8) is 0 Å². The molecule has 0 heterocycles. The third-order valence-corrected chi connectivity index (χ3v) is 9.76. The maximum absolute atomic E-state index is 14.0. The summed E-state index contributed by atoms with van der Waals surface area (Å²) in [6.45, 7) is 1.01. The van der Waals surface area contributed by atoms with Crippen molar-refractivity contribution >= 4 is 29.0 Å². The van der Waals surface area contributed by atoms with Crippen molar-refractivity contribution < 1.29 is 38.6 Å². The van der Waals surface area contributed by atoms with Crippen LogP contribution in [0.15, 0.2) is 60.7 Å². The molecule has 0 spiro atoms. The van der Waals surface area contributed by atoms with Gasteiger partial charge in [0.05, 0.1) is 17.5 Å². The molecule has 3 aromatic carbocycles. The number of benzene rings is 3. The number of hydrogen-bond donors (Lipinski definition) is 4. The predicted molar refractivity (Wildman–Crippen MR) is 164 cm³/mol. The van der Waals surface area contributed by atoms with Gasteiger partial charge in [0.2, 0.25) is 5.91 Å². The lowest BCUT2D eigenvalue weighted by molar-refractivity contribution is -0.181. The summed E-state index contributed by atoms with van der Waals surface area (Å²) in [4.78, 5) is 68.4. The molecule has 0 radical (unpaired) electrons. The van der Waals surface area contributed by atoms with E-state index in [4.69, 9.17) is 5.73 Å². The number of halogens is 1. The molecule has 10 nitrogen and oxygen atoms in total. The van der Waals surface area contributed by atoms with E-state index in [1.807, 2.05) is 30.3 Å². The summed E-state index contributed by atoms with van der Waals surface area (Å²) in [5, 5.41) is 25.8. The van der Waals surface area contributed by atoms with Crippen LogP contribution in [0.1, 0.15) is 33.5 Å². The van der Waals surface area contributed by atoms with Crippen molar-refractivity contribution in [2.45, 2.75) is 37.6 Å². The molecule has 3 aliphatic rings. The van der Waals surface area contributed by atoms with Crippen LogP contribution in [-0.4, -0.2) is 69.9 Å². The van der Waals surface area contributed by atoms with Gasteiger partial charge in [0, 0.05) is 19.0 Å². The van der Waals surface area contributed by atoms with E-state index < -0.39 is 64.4 Å². The topological polar surface area (TPSA) is 167 Å². The average Bonchev–Trinajstić information content (AvgIpc) is 2.99. The van der Waals surface area contributed by atoms with Crippen LogP contribution >= 0.6 is 0 Å². The zero-order chi connectivity index (χ0) is 33.1. The maximum Gasteiger partial charge on any atom is 0.235 e. The van der Waals surface area contributed by atoms with Crippen molar-refractivity contribution in [1.29, 1.82) is 0 Å². The summed E-state index contributed by atoms with van der Waals surface area (Å²) in [5.74, 6) is -11.1. The lowest BCUT2D eigenvalue weighted by Crippen LogP contribution is -2.74. The Bertz CT molecular complexity index is 1790. The number of primary amides is 1. The summed E-state index contributed by atoms with van der Waals surface area (Å²) in [6.07, 6.45) is 0.154. The van der Waals surface area contributed by atoms with Gasteiger partial charge in [-0.05, 0) is 78.9 Å². The van der Waals surface area contributed by atoms with Gasteiger partial charge < -0.3 is 21.3 Å². The first-order valence-corrected chi connectivity index (χ1v) is 15.1. The van der Waals surface area contributed by atoms with Gasteiger partial charge in [-0.2, -0.15) is 0 Å². The van der Waals surface area contributed by atoms with Crippen molar-refractivity contribution in [3.8, 4) is 16.9 Å².